The number of rotatable bonds is 3. The normalized spacial score (nSPS) is 25.1. The van der Waals surface area contributed by atoms with Gasteiger partial charge in [0.15, 0.2) is 0 Å². The first kappa shape index (κ1) is 13.0. The van der Waals surface area contributed by atoms with Crippen LogP contribution in [0.4, 0.5) is 0 Å². The second-order valence-electron chi connectivity index (χ2n) is 5.02. The molecule has 1 aliphatic heterocycles. The highest BCUT2D eigenvalue weighted by atomic mass is 32.1. The Morgan fingerprint density at radius 2 is 2.12 bits per heavy atom. The van der Waals surface area contributed by atoms with Crippen molar-refractivity contribution in [3.8, 4) is 0 Å². The molecule has 96 valence electrons. The van der Waals surface area contributed by atoms with E-state index in [0.717, 1.165) is 13.1 Å². The maximum atomic E-state index is 3.49. The van der Waals surface area contributed by atoms with Gasteiger partial charge in [0, 0.05) is 35.4 Å². The van der Waals surface area contributed by atoms with E-state index in [0.29, 0.717) is 12.1 Å². The molecule has 0 bridgehead atoms. The summed E-state index contributed by atoms with van der Waals surface area (Å²) in [5.74, 6) is 0. The third-order valence-corrected chi connectivity index (χ3v) is 4.75. The average Bonchev–Trinajstić information content (AvgIpc) is 2.71. The van der Waals surface area contributed by atoms with Gasteiger partial charge in [-0.05, 0) is 40.2 Å². The van der Waals surface area contributed by atoms with Gasteiger partial charge in [0.1, 0.15) is 0 Å². The minimum atomic E-state index is 0.446. The largest absolute Gasteiger partial charge is 0.311 e. The van der Waals surface area contributed by atoms with E-state index in [1.807, 2.05) is 11.3 Å². The van der Waals surface area contributed by atoms with Crippen molar-refractivity contribution in [1.82, 2.24) is 15.1 Å². The summed E-state index contributed by atoms with van der Waals surface area (Å²) in [6.45, 7) is 5.65. The van der Waals surface area contributed by atoms with Crippen molar-refractivity contribution in [2.24, 2.45) is 0 Å². The molecule has 0 radical (unpaired) electrons. The molecule has 1 fully saturated rings. The minimum absolute atomic E-state index is 0.446. The molecule has 1 saturated heterocycles. The molecule has 0 spiro atoms. The fourth-order valence-corrected chi connectivity index (χ4v) is 3.59. The second-order valence-corrected chi connectivity index (χ2v) is 6.34. The Kier molecular flexibility index (Phi) is 4.20. The van der Waals surface area contributed by atoms with Crippen LogP contribution >= 0.6 is 11.3 Å². The summed E-state index contributed by atoms with van der Waals surface area (Å²) in [4.78, 5) is 7.76. The summed E-state index contributed by atoms with van der Waals surface area (Å²) in [6.07, 6.45) is 0. The molecule has 0 aromatic carbocycles. The molecule has 1 aliphatic rings. The van der Waals surface area contributed by atoms with Crippen LogP contribution in [0.1, 0.15) is 15.8 Å². The van der Waals surface area contributed by atoms with Crippen molar-refractivity contribution < 1.29 is 0 Å². The number of thiophene rings is 1. The first-order chi connectivity index (χ1) is 8.11. The Balaban J connectivity index is 2.16. The summed E-state index contributed by atoms with van der Waals surface area (Å²) >= 11 is 1.91. The summed E-state index contributed by atoms with van der Waals surface area (Å²) in [5, 5.41) is 3.49. The van der Waals surface area contributed by atoms with Crippen LogP contribution < -0.4 is 5.32 Å². The summed E-state index contributed by atoms with van der Waals surface area (Å²) < 4.78 is 0. The molecule has 0 amide bonds. The maximum Gasteiger partial charge on any atom is 0.0582 e. The van der Waals surface area contributed by atoms with Gasteiger partial charge in [-0.15, -0.1) is 11.3 Å². The Morgan fingerprint density at radius 1 is 1.35 bits per heavy atom. The molecule has 2 heterocycles. The lowest BCUT2D eigenvalue weighted by molar-refractivity contribution is 0.0906. The predicted octanol–water partition coefficient (Wildman–Crippen LogP) is 1.56. The Labute approximate surface area is 108 Å². The van der Waals surface area contributed by atoms with Gasteiger partial charge in [0.05, 0.1) is 6.04 Å². The van der Waals surface area contributed by atoms with Gasteiger partial charge >= 0.3 is 0 Å². The van der Waals surface area contributed by atoms with Crippen molar-refractivity contribution in [2.75, 3.05) is 40.8 Å². The molecule has 0 aliphatic carbocycles. The number of hydrogen-bond acceptors (Lipinski definition) is 4. The van der Waals surface area contributed by atoms with Gasteiger partial charge < -0.3 is 10.2 Å². The van der Waals surface area contributed by atoms with Crippen LogP contribution in [0.3, 0.4) is 0 Å². The average molecular weight is 253 g/mol. The highest BCUT2D eigenvalue weighted by molar-refractivity contribution is 7.12. The lowest BCUT2D eigenvalue weighted by Crippen LogP contribution is -2.54. The van der Waals surface area contributed by atoms with E-state index in [4.69, 9.17) is 0 Å². The fraction of sp³-hybridized carbons (Fsp3) is 0.692. The zero-order valence-electron chi connectivity index (χ0n) is 11.2. The van der Waals surface area contributed by atoms with Crippen molar-refractivity contribution in [3.63, 3.8) is 0 Å². The van der Waals surface area contributed by atoms with Gasteiger partial charge in [0.25, 0.3) is 0 Å². The summed E-state index contributed by atoms with van der Waals surface area (Å²) in [7, 11) is 6.52. The zero-order valence-corrected chi connectivity index (χ0v) is 12.0. The first-order valence-corrected chi connectivity index (χ1v) is 7.06. The van der Waals surface area contributed by atoms with Crippen LogP contribution in [0, 0.1) is 6.92 Å². The van der Waals surface area contributed by atoms with E-state index in [9.17, 15) is 0 Å². The van der Waals surface area contributed by atoms with E-state index < -0.39 is 0 Å². The number of aryl methyl sites for hydroxylation is 1. The first-order valence-electron chi connectivity index (χ1n) is 6.24. The van der Waals surface area contributed by atoms with Crippen LogP contribution in [0.15, 0.2) is 12.1 Å². The van der Waals surface area contributed by atoms with Gasteiger partial charge in [-0.3, -0.25) is 4.90 Å². The van der Waals surface area contributed by atoms with Crippen molar-refractivity contribution >= 4 is 11.3 Å². The quantitative estimate of drug-likeness (QED) is 0.882. The standard InChI is InChI=1S/C13H23N3S/c1-10-5-6-12(17-10)13(14-2)11-9-15(3)7-8-16(11)4/h5-6,11,13-14H,7-9H2,1-4H3. The molecular weight excluding hydrogens is 230 g/mol. The molecule has 0 saturated carbocycles. The SMILES string of the molecule is CNC(c1ccc(C)s1)C1CN(C)CCN1C. The lowest BCUT2D eigenvalue weighted by atomic mass is 10.0. The molecule has 17 heavy (non-hydrogen) atoms. The number of nitrogens with zero attached hydrogens (tertiary/aromatic N) is 2. The molecule has 1 N–H and O–H groups in total. The van der Waals surface area contributed by atoms with E-state index in [1.54, 1.807) is 0 Å². The highest BCUT2D eigenvalue weighted by Gasteiger charge is 2.30. The van der Waals surface area contributed by atoms with Crippen LogP contribution in [-0.4, -0.2) is 56.6 Å². The van der Waals surface area contributed by atoms with Gasteiger partial charge in [-0.25, -0.2) is 0 Å². The number of piperazine rings is 1. The molecule has 3 nitrogen and oxygen atoms in total. The van der Waals surface area contributed by atoms with Gasteiger partial charge in [-0.2, -0.15) is 0 Å². The van der Waals surface area contributed by atoms with Gasteiger partial charge in [0.2, 0.25) is 0 Å². The van der Waals surface area contributed by atoms with E-state index in [1.165, 1.54) is 16.3 Å². The van der Waals surface area contributed by atoms with Gasteiger partial charge in [-0.1, -0.05) is 0 Å². The third kappa shape index (κ3) is 2.88. The van der Waals surface area contributed by atoms with E-state index in [2.05, 4.69) is 55.3 Å². The maximum absolute atomic E-state index is 3.49. The van der Waals surface area contributed by atoms with Crippen LogP contribution in [-0.2, 0) is 0 Å². The number of nitrogens with one attached hydrogen (secondary N) is 1. The Morgan fingerprint density at radius 3 is 2.71 bits per heavy atom. The number of hydrogen-bond donors (Lipinski definition) is 1. The molecule has 2 unspecified atom stereocenters. The smallest absolute Gasteiger partial charge is 0.0582 e. The topological polar surface area (TPSA) is 18.5 Å². The van der Waals surface area contributed by atoms with E-state index >= 15 is 0 Å². The van der Waals surface area contributed by atoms with Crippen LogP contribution in [0.2, 0.25) is 0 Å². The molecule has 4 heteroatoms. The van der Waals surface area contributed by atoms with Crippen molar-refractivity contribution in [3.05, 3.63) is 21.9 Å². The zero-order chi connectivity index (χ0) is 12.4. The Hall–Kier alpha value is -0.420. The van der Waals surface area contributed by atoms with Crippen LogP contribution in [0.25, 0.3) is 0 Å². The number of likely N-dealkylation sites (N-methyl/N-ethyl adjacent to an activating group) is 3. The van der Waals surface area contributed by atoms with Crippen molar-refractivity contribution in [1.29, 1.82) is 0 Å². The predicted molar refractivity (Wildman–Crippen MR) is 74.8 cm³/mol. The lowest BCUT2D eigenvalue weighted by Gasteiger charge is -2.41. The highest BCUT2D eigenvalue weighted by Crippen LogP contribution is 2.28. The summed E-state index contributed by atoms with van der Waals surface area (Å²) in [5.41, 5.74) is 0. The Bertz CT molecular complexity index is 363. The molecular formula is C13H23N3S. The molecule has 2 rings (SSSR count). The van der Waals surface area contributed by atoms with Crippen LogP contribution in [0.5, 0.6) is 0 Å². The molecule has 2 atom stereocenters. The van der Waals surface area contributed by atoms with E-state index in [-0.39, 0.29) is 0 Å². The third-order valence-electron chi connectivity index (χ3n) is 3.66. The molecule has 1 aromatic rings. The molecule has 1 aromatic heterocycles. The fourth-order valence-electron chi connectivity index (χ4n) is 2.55. The van der Waals surface area contributed by atoms with Crippen molar-refractivity contribution in [2.45, 2.75) is 19.0 Å². The monoisotopic (exact) mass is 253 g/mol. The minimum Gasteiger partial charge on any atom is -0.311 e. The second kappa shape index (κ2) is 5.48. The summed E-state index contributed by atoms with van der Waals surface area (Å²) in [6, 6.07) is 5.50.